The second-order valence-corrected chi connectivity index (χ2v) is 7.80. The van der Waals surface area contributed by atoms with E-state index >= 15 is 0 Å². The lowest BCUT2D eigenvalue weighted by Gasteiger charge is -2.12. The molecule has 1 aromatic heterocycles. The zero-order chi connectivity index (χ0) is 19.5. The molecule has 2 rings (SSSR count). The molecule has 0 atom stereocenters. The van der Waals surface area contributed by atoms with Crippen LogP contribution in [-0.2, 0) is 6.42 Å². The Morgan fingerprint density at radius 2 is 2.11 bits per heavy atom. The van der Waals surface area contributed by atoms with Crippen LogP contribution in [0.1, 0.15) is 73.9 Å². The first-order valence-electron chi connectivity index (χ1n) is 9.54. The van der Waals surface area contributed by atoms with Gasteiger partial charge in [-0.25, -0.2) is 0 Å². The summed E-state index contributed by atoms with van der Waals surface area (Å²) in [5, 5.41) is 15.2. The van der Waals surface area contributed by atoms with Gasteiger partial charge in [0.25, 0.3) is 0 Å². The average Bonchev–Trinajstić information content (AvgIpc) is 3.17. The van der Waals surface area contributed by atoms with E-state index < -0.39 is 0 Å². The number of tetrazole rings is 1. The van der Waals surface area contributed by atoms with Crippen molar-refractivity contribution in [2.75, 3.05) is 5.75 Å². The summed E-state index contributed by atoms with van der Waals surface area (Å²) in [5.74, 6) is 1.11. The molecule has 0 unspecified atom stereocenters. The quantitative estimate of drug-likeness (QED) is 0.275. The summed E-state index contributed by atoms with van der Waals surface area (Å²) in [5.41, 5.74) is 2.87. The summed E-state index contributed by atoms with van der Waals surface area (Å²) in [6.07, 6.45) is 10.8. The van der Waals surface area contributed by atoms with E-state index in [4.69, 9.17) is 11.6 Å². The van der Waals surface area contributed by atoms with Gasteiger partial charge >= 0.3 is 0 Å². The molecule has 0 fully saturated rings. The second kappa shape index (κ2) is 11.9. The SMILES string of the molecule is CCCC(=O)c1ccc(C=CCCCCSc2nn[nH]n2)c(CCC)c1Cl. The number of aromatic amines is 1. The Kier molecular flexibility index (Phi) is 9.56. The Balaban J connectivity index is 1.90. The van der Waals surface area contributed by atoms with E-state index in [2.05, 4.69) is 39.7 Å². The van der Waals surface area contributed by atoms with Crippen LogP contribution in [0.25, 0.3) is 6.08 Å². The first-order chi connectivity index (χ1) is 13.2. The number of carbonyl (C=O) groups excluding carboxylic acids is 1. The lowest BCUT2D eigenvalue weighted by atomic mass is 9.96. The van der Waals surface area contributed by atoms with E-state index in [0.717, 1.165) is 55.4 Å². The predicted octanol–water partition coefficient (Wildman–Crippen LogP) is 5.76. The maximum absolute atomic E-state index is 12.3. The van der Waals surface area contributed by atoms with Crippen LogP contribution < -0.4 is 0 Å². The standard InChI is InChI=1S/C20H27ClN4OS/c1-3-9-16-15(12-13-17(19(16)21)18(26)10-4-2)11-7-5-6-8-14-27-20-22-24-25-23-20/h7,11-13H,3-6,8-10,14H2,1-2H3,(H,22,23,24,25). The molecule has 0 saturated heterocycles. The van der Waals surface area contributed by atoms with Gasteiger partial charge in [-0.15, -0.1) is 10.2 Å². The van der Waals surface area contributed by atoms with E-state index in [1.807, 2.05) is 19.1 Å². The maximum atomic E-state index is 12.3. The third-order valence-corrected chi connectivity index (χ3v) is 5.53. The summed E-state index contributed by atoms with van der Waals surface area (Å²) in [6.45, 7) is 4.14. The number of nitrogens with one attached hydrogen (secondary N) is 1. The lowest BCUT2D eigenvalue weighted by Crippen LogP contribution is -2.03. The first kappa shape index (κ1) is 21.6. The average molecular weight is 407 g/mol. The number of Topliss-reactive ketones (excluding diaryl/α,β-unsaturated/α-hetero) is 1. The number of H-pyrrole nitrogens is 1. The molecule has 5 nitrogen and oxygen atoms in total. The van der Waals surface area contributed by atoms with E-state index in [0.29, 0.717) is 22.2 Å². The number of aromatic nitrogens is 4. The fourth-order valence-electron chi connectivity index (χ4n) is 2.83. The minimum Gasteiger partial charge on any atom is -0.294 e. The van der Waals surface area contributed by atoms with Gasteiger partial charge in [-0.1, -0.05) is 61.8 Å². The molecule has 0 aliphatic carbocycles. The molecule has 146 valence electrons. The van der Waals surface area contributed by atoms with Gasteiger partial charge in [-0.2, -0.15) is 5.21 Å². The topological polar surface area (TPSA) is 71.5 Å². The van der Waals surface area contributed by atoms with Crippen molar-refractivity contribution < 1.29 is 4.79 Å². The number of thioether (sulfide) groups is 1. The number of allylic oxidation sites excluding steroid dienone is 1. The van der Waals surface area contributed by atoms with Crippen molar-refractivity contribution in [1.29, 1.82) is 0 Å². The van der Waals surface area contributed by atoms with E-state index in [1.54, 1.807) is 11.8 Å². The van der Waals surface area contributed by atoms with Gasteiger partial charge in [-0.05, 0) is 54.5 Å². The Morgan fingerprint density at radius 1 is 1.26 bits per heavy atom. The van der Waals surface area contributed by atoms with Gasteiger partial charge in [-0.3, -0.25) is 4.79 Å². The highest BCUT2D eigenvalue weighted by Crippen LogP contribution is 2.28. The highest BCUT2D eigenvalue weighted by Gasteiger charge is 2.14. The zero-order valence-electron chi connectivity index (χ0n) is 16.0. The van der Waals surface area contributed by atoms with Crippen molar-refractivity contribution in [3.05, 3.63) is 39.9 Å². The molecule has 0 radical (unpaired) electrons. The molecule has 0 saturated carbocycles. The van der Waals surface area contributed by atoms with E-state index in [9.17, 15) is 4.79 Å². The molecule has 0 bridgehead atoms. The van der Waals surface area contributed by atoms with Crippen LogP contribution in [0.5, 0.6) is 0 Å². The lowest BCUT2D eigenvalue weighted by molar-refractivity contribution is 0.0982. The van der Waals surface area contributed by atoms with Crippen LogP contribution in [0.15, 0.2) is 23.4 Å². The van der Waals surface area contributed by atoms with Crippen molar-refractivity contribution in [2.45, 2.75) is 63.9 Å². The van der Waals surface area contributed by atoms with Gasteiger partial charge in [0.2, 0.25) is 5.16 Å². The fraction of sp³-hybridized carbons (Fsp3) is 0.500. The maximum Gasteiger partial charge on any atom is 0.230 e. The molecule has 1 aromatic carbocycles. The number of benzene rings is 1. The first-order valence-corrected chi connectivity index (χ1v) is 10.9. The summed E-state index contributed by atoms with van der Waals surface area (Å²) in [6, 6.07) is 3.91. The summed E-state index contributed by atoms with van der Waals surface area (Å²) >= 11 is 8.19. The van der Waals surface area contributed by atoms with Gasteiger partial charge in [0, 0.05) is 17.7 Å². The minimum atomic E-state index is 0.134. The highest BCUT2D eigenvalue weighted by molar-refractivity contribution is 7.99. The molecule has 0 amide bonds. The van der Waals surface area contributed by atoms with Crippen molar-refractivity contribution in [3.8, 4) is 0 Å². The third kappa shape index (κ3) is 6.78. The van der Waals surface area contributed by atoms with Crippen molar-refractivity contribution in [2.24, 2.45) is 0 Å². The van der Waals surface area contributed by atoms with Crippen LogP contribution in [0.4, 0.5) is 0 Å². The monoisotopic (exact) mass is 406 g/mol. The molecule has 2 aromatic rings. The number of unbranched alkanes of at least 4 members (excludes halogenated alkanes) is 2. The van der Waals surface area contributed by atoms with Gasteiger partial charge in [0.1, 0.15) is 0 Å². The molecule has 0 aliphatic rings. The van der Waals surface area contributed by atoms with Crippen molar-refractivity contribution in [3.63, 3.8) is 0 Å². The fourth-order valence-corrected chi connectivity index (χ4v) is 3.93. The molecule has 0 spiro atoms. The Morgan fingerprint density at radius 3 is 2.81 bits per heavy atom. The summed E-state index contributed by atoms with van der Waals surface area (Å²) < 4.78 is 0. The zero-order valence-corrected chi connectivity index (χ0v) is 17.6. The molecule has 27 heavy (non-hydrogen) atoms. The van der Waals surface area contributed by atoms with Gasteiger partial charge < -0.3 is 0 Å². The third-order valence-electron chi connectivity index (χ3n) is 4.18. The van der Waals surface area contributed by atoms with Crippen molar-refractivity contribution in [1.82, 2.24) is 20.6 Å². The second-order valence-electron chi connectivity index (χ2n) is 6.36. The van der Waals surface area contributed by atoms with E-state index in [-0.39, 0.29) is 5.78 Å². The number of ketones is 1. The number of hydrogen-bond donors (Lipinski definition) is 1. The van der Waals surface area contributed by atoms with Crippen LogP contribution in [0.3, 0.4) is 0 Å². The van der Waals surface area contributed by atoms with Crippen LogP contribution >= 0.6 is 23.4 Å². The highest BCUT2D eigenvalue weighted by atomic mass is 35.5. The molecule has 7 heteroatoms. The van der Waals surface area contributed by atoms with Crippen LogP contribution in [0.2, 0.25) is 5.02 Å². The van der Waals surface area contributed by atoms with Crippen LogP contribution in [0, 0.1) is 0 Å². The Bertz CT molecular complexity index is 747. The minimum absolute atomic E-state index is 0.134. The molecule has 1 heterocycles. The van der Waals surface area contributed by atoms with Crippen LogP contribution in [-0.4, -0.2) is 32.2 Å². The summed E-state index contributed by atoms with van der Waals surface area (Å²) in [7, 11) is 0. The van der Waals surface area contributed by atoms with Gasteiger partial charge in [0.15, 0.2) is 5.78 Å². The number of rotatable bonds is 12. The summed E-state index contributed by atoms with van der Waals surface area (Å²) in [4.78, 5) is 12.3. The van der Waals surface area contributed by atoms with Crippen molar-refractivity contribution >= 4 is 35.2 Å². The normalized spacial score (nSPS) is 11.4. The predicted molar refractivity (Wildman–Crippen MR) is 112 cm³/mol. The number of nitrogens with zero attached hydrogens (tertiary/aromatic N) is 3. The molecule has 1 N–H and O–H groups in total. The largest absolute Gasteiger partial charge is 0.294 e. The Labute approximate surface area is 170 Å². The van der Waals surface area contributed by atoms with Gasteiger partial charge in [0.05, 0.1) is 5.02 Å². The molecular weight excluding hydrogens is 380 g/mol. The van der Waals surface area contributed by atoms with E-state index in [1.165, 1.54) is 0 Å². The number of halogens is 1. The molecule has 0 aliphatic heterocycles. The number of carbonyl (C=O) groups is 1. The smallest absolute Gasteiger partial charge is 0.230 e. The number of hydrogen-bond acceptors (Lipinski definition) is 5. The Hall–Kier alpha value is -1.66. The molecular formula is C20H27ClN4OS.